The molecule has 0 bridgehead atoms. The van der Waals surface area contributed by atoms with Gasteiger partial charge in [0.15, 0.2) is 0 Å². The van der Waals surface area contributed by atoms with Crippen molar-refractivity contribution in [1.29, 1.82) is 0 Å². The Kier molecular flexibility index (Phi) is 6.26. The van der Waals surface area contributed by atoms with Crippen molar-refractivity contribution in [3.05, 3.63) is 66.0 Å². The number of nitrogens with zero attached hydrogens (tertiary/aromatic N) is 2. The number of imidazole rings is 1. The van der Waals surface area contributed by atoms with Gasteiger partial charge in [-0.1, -0.05) is 37.3 Å². The first-order chi connectivity index (χ1) is 12.7. The Morgan fingerprint density at radius 1 is 1.15 bits per heavy atom. The molecule has 1 aromatic carbocycles. The predicted molar refractivity (Wildman–Crippen MR) is 101 cm³/mol. The average Bonchev–Trinajstić information content (AvgIpc) is 3.26. The number of aliphatic hydroxyl groups excluding tert-OH is 1. The van der Waals surface area contributed by atoms with E-state index in [-0.39, 0.29) is 12.5 Å². The summed E-state index contributed by atoms with van der Waals surface area (Å²) in [5.74, 6) is 2.17. The summed E-state index contributed by atoms with van der Waals surface area (Å²) in [7, 11) is 0. The lowest BCUT2D eigenvalue weighted by atomic mass is 9.99. The predicted octanol–water partition coefficient (Wildman–Crippen LogP) is 3.81. The summed E-state index contributed by atoms with van der Waals surface area (Å²) < 4.78 is 13.4. The molecule has 0 aliphatic carbocycles. The van der Waals surface area contributed by atoms with Gasteiger partial charge in [-0.3, -0.25) is 0 Å². The van der Waals surface area contributed by atoms with Crippen LogP contribution in [0.5, 0.6) is 0 Å². The number of hydrogen-bond donors (Lipinski definition) is 1. The van der Waals surface area contributed by atoms with Crippen LogP contribution in [0.3, 0.4) is 0 Å². The van der Waals surface area contributed by atoms with Gasteiger partial charge in [0, 0.05) is 23.7 Å². The second-order valence-corrected chi connectivity index (χ2v) is 6.49. The highest BCUT2D eigenvalue weighted by Gasteiger charge is 2.18. The fourth-order valence-corrected chi connectivity index (χ4v) is 3.09. The summed E-state index contributed by atoms with van der Waals surface area (Å²) in [4.78, 5) is 4.66. The molecule has 1 N–H and O–H groups in total. The quantitative estimate of drug-likeness (QED) is 0.594. The zero-order valence-corrected chi connectivity index (χ0v) is 15.4. The molecule has 0 fully saturated rings. The molecule has 0 aliphatic rings. The van der Waals surface area contributed by atoms with Gasteiger partial charge < -0.3 is 18.8 Å². The molecule has 0 saturated carbocycles. The Bertz CT molecular complexity index is 808. The largest absolute Gasteiger partial charge is 0.466 e. The van der Waals surface area contributed by atoms with E-state index in [0.717, 1.165) is 29.2 Å². The molecule has 3 rings (SSSR count). The van der Waals surface area contributed by atoms with E-state index in [2.05, 4.69) is 28.6 Å². The summed E-state index contributed by atoms with van der Waals surface area (Å²) in [6.45, 7) is 5.80. The van der Waals surface area contributed by atoms with E-state index in [4.69, 9.17) is 14.3 Å². The number of aromatic nitrogens is 2. The Hall–Kier alpha value is -2.37. The molecule has 0 spiro atoms. The van der Waals surface area contributed by atoms with Crippen molar-refractivity contribution in [3.8, 4) is 11.3 Å². The minimum absolute atomic E-state index is 0.0426. The van der Waals surface area contributed by atoms with E-state index in [9.17, 15) is 0 Å². The molecular weight excluding hydrogens is 328 g/mol. The topological polar surface area (TPSA) is 60.4 Å². The molecule has 0 aliphatic heterocycles. The Balaban J connectivity index is 1.84. The first kappa shape index (κ1) is 18.4. The maximum Gasteiger partial charge on any atom is 0.107 e. The standard InChI is InChI=1S/C21H26N2O3/c1-16(20-9-8-17(2)26-20)14-19-21(18-6-4-3-5-7-18)22-15-23(19)10-12-25-13-11-24/h3-9,15-16,24H,10-14H2,1-2H3/t16-/m0/s1. The third-order valence-corrected chi connectivity index (χ3v) is 4.45. The molecule has 2 aromatic heterocycles. The smallest absolute Gasteiger partial charge is 0.107 e. The minimum atomic E-state index is 0.0426. The lowest BCUT2D eigenvalue weighted by Gasteiger charge is -2.14. The van der Waals surface area contributed by atoms with Crippen LogP contribution in [-0.2, 0) is 17.7 Å². The molecule has 0 radical (unpaired) electrons. The number of furan rings is 1. The molecule has 2 heterocycles. The first-order valence-corrected chi connectivity index (χ1v) is 9.03. The van der Waals surface area contributed by atoms with Gasteiger partial charge in [-0.05, 0) is 25.5 Å². The van der Waals surface area contributed by atoms with Crippen LogP contribution in [0.25, 0.3) is 11.3 Å². The second-order valence-electron chi connectivity index (χ2n) is 6.49. The van der Waals surface area contributed by atoms with Crippen LogP contribution in [0.15, 0.2) is 53.2 Å². The van der Waals surface area contributed by atoms with E-state index in [1.54, 1.807) is 0 Å². The van der Waals surface area contributed by atoms with Gasteiger partial charge in [0.25, 0.3) is 0 Å². The Labute approximate surface area is 154 Å². The summed E-state index contributed by atoms with van der Waals surface area (Å²) in [5, 5.41) is 8.86. The molecule has 3 aromatic rings. The third-order valence-electron chi connectivity index (χ3n) is 4.45. The molecule has 5 heteroatoms. The maximum atomic E-state index is 8.86. The summed E-state index contributed by atoms with van der Waals surface area (Å²) in [5.41, 5.74) is 3.29. The zero-order chi connectivity index (χ0) is 18.4. The van der Waals surface area contributed by atoms with Crippen molar-refractivity contribution in [2.45, 2.75) is 32.7 Å². The Morgan fingerprint density at radius 2 is 1.96 bits per heavy atom. The van der Waals surface area contributed by atoms with Crippen molar-refractivity contribution < 1.29 is 14.3 Å². The number of hydrogen-bond acceptors (Lipinski definition) is 4. The molecule has 0 saturated heterocycles. The van der Waals surface area contributed by atoms with Gasteiger partial charge in [0.2, 0.25) is 0 Å². The normalized spacial score (nSPS) is 12.4. The van der Waals surface area contributed by atoms with E-state index in [1.165, 1.54) is 5.69 Å². The summed E-state index contributed by atoms with van der Waals surface area (Å²) in [6.07, 6.45) is 2.71. The van der Waals surface area contributed by atoms with Crippen molar-refractivity contribution in [1.82, 2.24) is 9.55 Å². The van der Waals surface area contributed by atoms with Crippen LogP contribution < -0.4 is 0 Å². The van der Waals surface area contributed by atoms with Crippen molar-refractivity contribution in [2.75, 3.05) is 19.8 Å². The minimum Gasteiger partial charge on any atom is -0.466 e. The number of benzene rings is 1. The molecule has 5 nitrogen and oxygen atoms in total. The summed E-state index contributed by atoms with van der Waals surface area (Å²) >= 11 is 0. The molecular formula is C21H26N2O3. The molecule has 138 valence electrons. The highest BCUT2D eigenvalue weighted by molar-refractivity contribution is 5.62. The lowest BCUT2D eigenvalue weighted by Crippen LogP contribution is -2.12. The van der Waals surface area contributed by atoms with E-state index >= 15 is 0 Å². The first-order valence-electron chi connectivity index (χ1n) is 9.03. The third kappa shape index (κ3) is 4.42. The lowest BCUT2D eigenvalue weighted by molar-refractivity contribution is 0.0866. The van der Waals surface area contributed by atoms with Crippen LogP contribution in [0, 0.1) is 6.92 Å². The average molecular weight is 354 g/mol. The highest BCUT2D eigenvalue weighted by atomic mass is 16.5. The molecule has 0 unspecified atom stereocenters. The monoisotopic (exact) mass is 354 g/mol. The molecule has 1 atom stereocenters. The Morgan fingerprint density at radius 3 is 2.65 bits per heavy atom. The van der Waals surface area contributed by atoms with Crippen LogP contribution in [0.4, 0.5) is 0 Å². The van der Waals surface area contributed by atoms with Crippen LogP contribution in [-0.4, -0.2) is 34.5 Å². The zero-order valence-electron chi connectivity index (χ0n) is 15.4. The molecule has 26 heavy (non-hydrogen) atoms. The fourth-order valence-electron chi connectivity index (χ4n) is 3.09. The van der Waals surface area contributed by atoms with Gasteiger partial charge in [0.05, 0.1) is 31.8 Å². The number of aryl methyl sites for hydroxylation is 1. The van der Waals surface area contributed by atoms with Gasteiger partial charge in [-0.15, -0.1) is 0 Å². The van der Waals surface area contributed by atoms with E-state index in [1.807, 2.05) is 43.6 Å². The number of rotatable bonds is 9. The van der Waals surface area contributed by atoms with Crippen LogP contribution >= 0.6 is 0 Å². The SMILES string of the molecule is Cc1ccc([C@@H](C)Cc2c(-c3ccccc3)ncn2CCOCCO)o1. The fraction of sp³-hybridized carbons (Fsp3) is 0.381. The van der Waals surface area contributed by atoms with Crippen molar-refractivity contribution >= 4 is 0 Å². The van der Waals surface area contributed by atoms with E-state index in [0.29, 0.717) is 19.8 Å². The number of aliphatic hydroxyl groups is 1. The van der Waals surface area contributed by atoms with Gasteiger partial charge in [-0.25, -0.2) is 4.98 Å². The van der Waals surface area contributed by atoms with Crippen LogP contribution in [0.2, 0.25) is 0 Å². The van der Waals surface area contributed by atoms with Crippen LogP contribution in [0.1, 0.15) is 30.1 Å². The van der Waals surface area contributed by atoms with Crippen molar-refractivity contribution in [3.63, 3.8) is 0 Å². The molecule has 0 amide bonds. The van der Waals surface area contributed by atoms with Crippen molar-refractivity contribution in [2.24, 2.45) is 0 Å². The number of ether oxygens (including phenoxy) is 1. The van der Waals surface area contributed by atoms with Gasteiger partial charge >= 0.3 is 0 Å². The maximum absolute atomic E-state index is 8.86. The second kappa shape index (κ2) is 8.83. The summed E-state index contributed by atoms with van der Waals surface area (Å²) in [6, 6.07) is 14.3. The van der Waals surface area contributed by atoms with E-state index < -0.39 is 0 Å². The van der Waals surface area contributed by atoms with Gasteiger partial charge in [0.1, 0.15) is 11.5 Å². The highest BCUT2D eigenvalue weighted by Crippen LogP contribution is 2.28. The van der Waals surface area contributed by atoms with Gasteiger partial charge in [-0.2, -0.15) is 0 Å².